The minimum atomic E-state index is 0.120. The first-order chi connectivity index (χ1) is 12.7. The predicted octanol–water partition coefficient (Wildman–Crippen LogP) is 4.80. The Morgan fingerprint density at radius 3 is 2.73 bits per heavy atom. The van der Waals surface area contributed by atoms with Gasteiger partial charge in [-0.15, -0.1) is 11.3 Å². The van der Waals surface area contributed by atoms with Crippen molar-refractivity contribution in [2.45, 2.75) is 32.6 Å². The largest absolute Gasteiger partial charge is 0.356 e. The minimum Gasteiger partial charge on any atom is -0.356 e. The van der Waals surface area contributed by atoms with E-state index in [1.807, 2.05) is 18.2 Å². The summed E-state index contributed by atoms with van der Waals surface area (Å²) in [6.07, 6.45) is 3.16. The first kappa shape index (κ1) is 18.3. The van der Waals surface area contributed by atoms with Crippen LogP contribution < -0.4 is 5.32 Å². The van der Waals surface area contributed by atoms with Crippen LogP contribution in [0.5, 0.6) is 0 Å². The topological polar surface area (TPSA) is 42.0 Å². The van der Waals surface area contributed by atoms with Gasteiger partial charge in [-0.25, -0.2) is 4.98 Å². The highest BCUT2D eigenvalue weighted by Crippen LogP contribution is 2.24. The van der Waals surface area contributed by atoms with Crippen molar-refractivity contribution in [2.75, 3.05) is 6.54 Å². The number of aryl methyl sites for hydroxylation is 2. The highest BCUT2D eigenvalue weighted by atomic mass is 32.1. The van der Waals surface area contributed by atoms with Gasteiger partial charge in [-0.3, -0.25) is 4.79 Å². The first-order valence-electron chi connectivity index (χ1n) is 9.03. The summed E-state index contributed by atoms with van der Waals surface area (Å²) >= 11 is 1.66. The maximum absolute atomic E-state index is 12.0. The lowest BCUT2D eigenvalue weighted by atomic mass is 10.1. The van der Waals surface area contributed by atoms with Crippen LogP contribution in [0.4, 0.5) is 0 Å². The third-order valence-electron chi connectivity index (χ3n) is 4.23. The van der Waals surface area contributed by atoms with E-state index in [0.717, 1.165) is 35.5 Å². The molecule has 0 saturated heterocycles. The second-order valence-electron chi connectivity index (χ2n) is 6.45. The second-order valence-corrected chi connectivity index (χ2v) is 7.31. The number of nitrogens with zero attached hydrogens (tertiary/aromatic N) is 1. The van der Waals surface area contributed by atoms with Crippen molar-refractivity contribution in [1.29, 1.82) is 0 Å². The van der Waals surface area contributed by atoms with E-state index in [0.29, 0.717) is 13.0 Å². The van der Waals surface area contributed by atoms with Crippen molar-refractivity contribution in [3.8, 4) is 10.6 Å². The van der Waals surface area contributed by atoms with Gasteiger partial charge in [0, 0.05) is 30.3 Å². The molecule has 0 aliphatic heterocycles. The average Bonchev–Trinajstić information content (AvgIpc) is 3.12. The summed E-state index contributed by atoms with van der Waals surface area (Å²) in [7, 11) is 0. The number of rotatable bonds is 8. The Kier molecular flexibility index (Phi) is 6.56. The molecule has 0 atom stereocenters. The predicted molar refractivity (Wildman–Crippen MR) is 108 cm³/mol. The van der Waals surface area contributed by atoms with Crippen LogP contribution in [-0.2, 0) is 17.6 Å². The number of benzene rings is 2. The Labute approximate surface area is 159 Å². The van der Waals surface area contributed by atoms with Gasteiger partial charge in [0.25, 0.3) is 0 Å². The van der Waals surface area contributed by atoms with Crippen LogP contribution >= 0.6 is 11.3 Å². The van der Waals surface area contributed by atoms with Crippen molar-refractivity contribution >= 4 is 17.2 Å². The SMILES string of the molecule is Cc1cccc(-c2nc(CCNC(=O)CCCc3ccccc3)cs2)c1. The molecule has 0 saturated carbocycles. The molecule has 0 radical (unpaired) electrons. The lowest BCUT2D eigenvalue weighted by molar-refractivity contribution is -0.121. The van der Waals surface area contributed by atoms with E-state index in [1.54, 1.807) is 11.3 Å². The average molecular weight is 365 g/mol. The second kappa shape index (κ2) is 9.30. The third-order valence-corrected chi connectivity index (χ3v) is 5.17. The lowest BCUT2D eigenvalue weighted by Crippen LogP contribution is -2.25. The molecule has 3 aromatic rings. The van der Waals surface area contributed by atoms with Gasteiger partial charge in [-0.2, -0.15) is 0 Å². The summed E-state index contributed by atoms with van der Waals surface area (Å²) < 4.78 is 0. The zero-order chi connectivity index (χ0) is 18.2. The fourth-order valence-electron chi connectivity index (χ4n) is 2.85. The van der Waals surface area contributed by atoms with Gasteiger partial charge in [0.1, 0.15) is 5.01 Å². The number of aromatic nitrogens is 1. The van der Waals surface area contributed by atoms with Gasteiger partial charge in [0.2, 0.25) is 5.91 Å². The summed E-state index contributed by atoms with van der Waals surface area (Å²) in [5, 5.41) is 6.12. The Morgan fingerprint density at radius 2 is 1.92 bits per heavy atom. The monoisotopic (exact) mass is 364 g/mol. The van der Waals surface area contributed by atoms with Gasteiger partial charge >= 0.3 is 0 Å². The van der Waals surface area contributed by atoms with E-state index < -0.39 is 0 Å². The van der Waals surface area contributed by atoms with Crippen LogP contribution in [-0.4, -0.2) is 17.4 Å². The van der Waals surface area contributed by atoms with E-state index in [2.05, 4.69) is 59.0 Å². The zero-order valence-electron chi connectivity index (χ0n) is 15.1. The molecule has 26 heavy (non-hydrogen) atoms. The molecule has 3 nitrogen and oxygen atoms in total. The van der Waals surface area contributed by atoms with Crippen molar-refractivity contribution in [1.82, 2.24) is 10.3 Å². The summed E-state index contributed by atoms with van der Waals surface area (Å²) in [4.78, 5) is 16.6. The van der Waals surface area contributed by atoms with Crippen LogP contribution in [0.25, 0.3) is 10.6 Å². The standard InChI is InChI=1S/C22H24N2OS/c1-17-7-5-11-19(15-17)22-24-20(16-26-22)13-14-23-21(25)12-6-10-18-8-3-2-4-9-18/h2-5,7-9,11,15-16H,6,10,12-14H2,1H3,(H,23,25). The summed E-state index contributed by atoms with van der Waals surface area (Å²) in [5.74, 6) is 0.120. The fourth-order valence-corrected chi connectivity index (χ4v) is 3.70. The first-order valence-corrected chi connectivity index (χ1v) is 9.91. The molecule has 1 N–H and O–H groups in total. The Hall–Kier alpha value is -2.46. The van der Waals surface area contributed by atoms with Gasteiger partial charge < -0.3 is 5.32 Å². The lowest BCUT2D eigenvalue weighted by Gasteiger charge is -2.04. The maximum Gasteiger partial charge on any atom is 0.220 e. The smallest absolute Gasteiger partial charge is 0.220 e. The van der Waals surface area contributed by atoms with Gasteiger partial charge in [-0.05, 0) is 31.4 Å². The molecule has 1 amide bonds. The number of nitrogens with one attached hydrogen (secondary N) is 1. The minimum absolute atomic E-state index is 0.120. The summed E-state index contributed by atoms with van der Waals surface area (Å²) in [5.41, 5.74) is 4.72. The van der Waals surface area contributed by atoms with Gasteiger partial charge in [-0.1, -0.05) is 54.1 Å². The molecule has 2 aromatic carbocycles. The summed E-state index contributed by atoms with van der Waals surface area (Å²) in [6, 6.07) is 18.7. The molecule has 1 heterocycles. The third kappa shape index (κ3) is 5.53. The molecule has 0 aliphatic carbocycles. The normalized spacial score (nSPS) is 10.7. The van der Waals surface area contributed by atoms with Gasteiger partial charge in [0.05, 0.1) is 5.69 Å². The maximum atomic E-state index is 12.0. The molecular formula is C22H24N2OS. The molecule has 0 bridgehead atoms. The number of hydrogen-bond donors (Lipinski definition) is 1. The Morgan fingerprint density at radius 1 is 1.08 bits per heavy atom. The highest BCUT2D eigenvalue weighted by Gasteiger charge is 2.06. The number of amides is 1. The molecule has 4 heteroatoms. The molecule has 3 rings (SSSR count). The molecule has 0 aliphatic rings. The molecule has 0 spiro atoms. The molecule has 0 unspecified atom stereocenters. The number of hydrogen-bond acceptors (Lipinski definition) is 3. The van der Waals surface area contributed by atoms with Crippen molar-refractivity contribution in [3.05, 3.63) is 76.8 Å². The molecule has 134 valence electrons. The number of thiazole rings is 1. The van der Waals surface area contributed by atoms with Crippen LogP contribution in [0.1, 0.15) is 29.7 Å². The van der Waals surface area contributed by atoms with Gasteiger partial charge in [0.15, 0.2) is 0 Å². The number of carbonyl (C=O) groups is 1. The Bertz CT molecular complexity index is 842. The van der Waals surface area contributed by atoms with Crippen molar-refractivity contribution in [2.24, 2.45) is 0 Å². The molecular weight excluding hydrogens is 340 g/mol. The van der Waals surface area contributed by atoms with E-state index in [9.17, 15) is 4.79 Å². The fraction of sp³-hybridized carbons (Fsp3) is 0.273. The zero-order valence-corrected chi connectivity index (χ0v) is 15.9. The number of carbonyl (C=O) groups excluding carboxylic acids is 1. The van der Waals surface area contributed by atoms with E-state index >= 15 is 0 Å². The van der Waals surface area contributed by atoms with Crippen molar-refractivity contribution in [3.63, 3.8) is 0 Å². The molecule has 0 fully saturated rings. The van der Waals surface area contributed by atoms with Crippen molar-refractivity contribution < 1.29 is 4.79 Å². The summed E-state index contributed by atoms with van der Waals surface area (Å²) in [6.45, 7) is 2.73. The van der Waals surface area contributed by atoms with Crippen LogP contribution in [0, 0.1) is 6.92 Å². The van der Waals surface area contributed by atoms with Crippen LogP contribution in [0.2, 0.25) is 0 Å². The van der Waals surface area contributed by atoms with Crippen LogP contribution in [0.3, 0.4) is 0 Å². The van der Waals surface area contributed by atoms with E-state index in [4.69, 9.17) is 0 Å². The molecule has 1 aromatic heterocycles. The van der Waals surface area contributed by atoms with E-state index in [1.165, 1.54) is 11.1 Å². The van der Waals surface area contributed by atoms with Crippen LogP contribution in [0.15, 0.2) is 60.0 Å². The Balaban J connectivity index is 1.39. The van der Waals surface area contributed by atoms with E-state index in [-0.39, 0.29) is 5.91 Å². The quantitative estimate of drug-likeness (QED) is 0.624. The highest BCUT2D eigenvalue weighted by molar-refractivity contribution is 7.13.